The van der Waals surface area contributed by atoms with Gasteiger partial charge in [-0.15, -0.1) is 0 Å². The number of hydrogen-bond acceptors (Lipinski definition) is 3. The largest absolute Gasteiger partial charge is 0.393 e. The minimum Gasteiger partial charge on any atom is -0.393 e. The summed E-state index contributed by atoms with van der Waals surface area (Å²) in [6.07, 6.45) is 0.412. The van der Waals surface area contributed by atoms with Gasteiger partial charge in [-0.3, -0.25) is 4.79 Å². The molecule has 0 bridgehead atoms. The van der Waals surface area contributed by atoms with Crippen LogP contribution in [0.25, 0.3) is 11.0 Å². The average molecular weight is 276 g/mol. The SMILES string of the molecule is CC(Cn1c(CC(N)=S)nc2ccccc21)C(N)=O. The zero-order valence-corrected chi connectivity index (χ0v) is 11.5. The van der Waals surface area contributed by atoms with Crippen molar-refractivity contribution in [3.8, 4) is 0 Å². The molecular formula is C13H16N4OS. The van der Waals surface area contributed by atoms with E-state index < -0.39 is 0 Å². The molecule has 5 nitrogen and oxygen atoms in total. The number of imidazole rings is 1. The van der Waals surface area contributed by atoms with E-state index in [2.05, 4.69) is 4.98 Å². The van der Waals surface area contributed by atoms with Crippen LogP contribution in [-0.4, -0.2) is 20.4 Å². The van der Waals surface area contributed by atoms with Crippen LogP contribution in [0.3, 0.4) is 0 Å². The lowest BCUT2D eigenvalue weighted by molar-refractivity contribution is -0.121. The molecule has 0 aliphatic rings. The van der Waals surface area contributed by atoms with Crippen molar-refractivity contribution in [3.63, 3.8) is 0 Å². The number of thiocarbonyl (C=S) groups is 1. The second-order valence-corrected chi connectivity index (χ2v) is 5.10. The van der Waals surface area contributed by atoms with Crippen LogP contribution in [0.4, 0.5) is 0 Å². The molecule has 0 spiro atoms. The maximum Gasteiger partial charge on any atom is 0.222 e. The topological polar surface area (TPSA) is 86.9 Å². The van der Waals surface area contributed by atoms with Crippen LogP contribution >= 0.6 is 12.2 Å². The molecule has 0 radical (unpaired) electrons. The molecule has 1 heterocycles. The van der Waals surface area contributed by atoms with Crippen molar-refractivity contribution < 1.29 is 4.79 Å². The molecule has 4 N–H and O–H groups in total. The number of para-hydroxylation sites is 2. The van der Waals surface area contributed by atoms with Gasteiger partial charge in [0.2, 0.25) is 5.91 Å². The summed E-state index contributed by atoms with van der Waals surface area (Å²) in [5.41, 5.74) is 12.7. The number of benzene rings is 1. The molecule has 0 aliphatic carbocycles. The van der Waals surface area contributed by atoms with Crippen LogP contribution in [0.5, 0.6) is 0 Å². The first-order valence-electron chi connectivity index (χ1n) is 6.00. The van der Waals surface area contributed by atoms with E-state index in [1.807, 2.05) is 28.8 Å². The average Bonchev–Trinajstić information content (AvgIpc) is 2.66. The van der Waals surface area contributed by atoms with Gasteiger partial charge in [0, 0.05) is 6.54 Å². The Bertz CT molecular complexity index is 635. The molecule has 0 saturated carbocycles. The highest BCUT2D eigenvalue weighted by molar-refractivity contribution is 7.80. The van der Waals surface area contributed by atoms with E-state index in [-0.39, 0.29) is 11.8 Å². The molecule has 1 aromatic heterocycles. The summed E-state index contributed by atoms with van der Waals surface area (Å²) in [6, 6.07) is 7.73. The molecule has 0 saturated heterocycles. The first kappa shape index (κ1) is 13.5. The molecule has 1 amide bonds. The minimum absolute atomic E-state index is 0.275. The molecule has 100 valence electrons. The Kier molecular flexibility index (Phi) is 3.80. The van der Waals surface area contributed by atoms with Crippen molar-refractivity contribution in [2.75, 3.05) is 0 Å². The molecule has 1 unspecified atom stereocenters. The molecule has 0 aliphatic heterocycles. The number of nitrogens with two attached hydrogens (primary N) is 2. The highest BCUT2D eigenvalue weighted by atomic mass is 32.1. The number of carbonyl (C=O) groups excluding carboxylic acids is 1. The number of nitrogens with zero attached hydrogens (tertiary/aromatic N) is 2. The number of primary amides is 1. The Morgan fingerprint density at radius 3 is 2.74 bits per heavy atom. The van der Waals surface area contributed by atoms with E-state index in [9.17, 15) is 4.79 Å². The second-order valence-electron chi connectivity index (χ2n) is 4.57. The Labute approximate surface area is 116 Å². The normalized spacial score (nSPS) is 12.5. The molecule has 19 heavy (non-hydrogen) atoms. The second kappa shape index (κ2) is 5.36. The number of amides is 1. The number of carbonyl (C=O) groups is 1. The fraction of sp³-hybridized carbons (Fsp3) is 0.308. The fourth-order valence-corrected chi connectivity index (χ4v) is 2.11. The van der Waals surface area contributed by atoms with Crippen LogP contribution in [0, 0.1) is 5.92 Å². The van der Waals surface area contributed by atoms with Gasteiger partial charge < -0.3 is 16.0 Å². The summed E-state index contributed by atoms with van der Waals surface area (Å²) in [5.74, 6) is 0.156. The number of aromatic nitrogens is 2. The molecule has 2 rings (SSSR count). The molecule has 1 aromatic carbocycles. The van der Waals surface area contributed by atoms with Crippen LogP contribution < -0.4 is 11.5 Å². The van der Waals surface area contributed by atoms with E-state index >= 15 is 0 Å². The first-order chi connectivity index (χ1) is 8.99. The lowest BCUT2D eigenvalue weighted by Gasteiger charge is -2.12. The van der Waals surface area contributed by atoms with Crippen LogP contribution in [0.2, 0.25) is 0 Å². The summed E-state index contributed by atoms with van der Waals surface area (Å²) in [5, 5.41) is 0. The third-order valence-electron chi connectivity index (χ3n) is 3.01. The summed E-state index contributed by atoms with van der Waals surface area (Å²) in [6.45, 7) is 2.27. The van der Waals surface area contributed by atoms with Crippen molar-refractivity contribution in [2.24, 2.45) is 17.4 Å². The molecule has 0 fully saturated rings. The van der Waals surface area contributed by atoms with Gasteiger partial charge >= 0.3 is 0 Å². The predicted octanol–water partition coefficient (Wildman–Crippen LogP) is 0.986. The van der Waals surface area contributed by atoms with Gasteiger partial charge in [0.05, 0.1) is 28.4 Å². The maximum atomic E-state index is 11.2. The molecule has 2 aromatic rings. The van der Waals surface area contributed by atoms with E-state index in [4.69, 9.17) is 23.7 Å². The third kappa shape index (κ3) is 2.90. The Morgan fingerprint density at radius 2 is 2.11 bits per heavy atom. The molecular weight excluding hydrogens is 260 g/mol. The monoisotopic (exact) mass is 276 g/mol. The first-order valence-corrected chi connectivity index (χ1v) is 6.41. The smallest absolute Gasteiger partial charge is 0.222 e. The third-order valence-corrected chi connectivity index (χ3v) is 3.15. The van der Waals surface area contributed by atoms with Crippen molar-refractivity contribution in [1.29, 1.82) is 0 Å². The standard InChI is InChI=1S/C13H16N4OS/c1-8(13(15)18)7-17-10-5-3-2-4-9(10)16-12(17)6-11(14)19/h2-5,8H,6-7H2,1H3,(H2,14,19)(H2,15,18). The van der Waals surface area contributed by atoms with Crippen molar-refractivity contribution in [2.45, 2.75) is 19.9 Å². The molecule has 1 atom stereocenters. The number of rotatable bonds is 5. The Balaban J connectivity index is 2.47. The zero-order chi connectivity index (χ0) is 14.0. The lowest BCUT2D eigenvalue weighted by Crippen LogP contribution is -2.26. The minimum atomic E-state index is -0.334. The predicted molar refractivity (Wildman–Crippen MR) is 78.6 cm³/mol. The quantitative estimate of drug-likeness (QED) is 0.797. The van der Waals surface area contributed by atoms with Gasteiger partial charge in [-0.05, 0) is 12.1 Å². The van der Waals surface area contributed by atoms with Gasteiger partial charge in [-0.1, -0.05) is 31.3 Å². The fourth-order valence-electron chi connectivity index (χ4n) is 1.98. The number of fused-ring (bicyclic) bond motifs is 1. The number of hydrogen-bond donors (Lipinski definition) is 2. The zero-order valence-electron chi connectivity index (χ0n) is 10.7. The Morgan fingerprint density at radius 1 is 1.42 bits per heavy atom. The van der Waals surface area contributed by atoms with Crippen molar-refractivity contribution in [3.05, 3.63) is 30.1 Å². The highest BCUT2D eigenvalue weighted by Gasteiger charge is 2.16. The van der Waals surface area contributed by atoms with Gasteiger partial charge in [-0.2, -0.15) is 0 Å². The summed E-state index contributed by atoms with van der Waals surface area (Å²) >= 11 is 4.94. The van der Waals surface area contributed by atoms with Crippen LogP contribution in [0.1, 0.15) is 12.7 Å². The van der Waals surface area contributed by atoms with E-state index in [0.717, 1.165) is 16.9 Å². The van der Waals surface area contributed by atoms with E-state index in [1.54, 1.807) is 6.92 Å². The van der Waals surface area contributed by atoms with Gasteiger partial charge in [0.25, 0.3) is 0 Å². The van der Waals surface area contributed by atoms with Gasteiger partial charge in [0.1, 0.15) is 5.82 Å². The van der Waals surface area contributed by atoms with Crippen molar-refractivity contribution >= 4 is 34.1 Å². The van der Waals surface area contributed by atoms with Gasteiger partial charge in [-0.25, -0.2) is 4.98 Å². The maximum absolute atomic E-state index is 11.2. The van der Waals surface area contributed by atoms with Crippen LogP contribution in [0.15, 0.2) is 24.3 Å². The molecule has 6 heteroatoms. The van der Waals surface area contributed by atoms with Crippen LogP contribution in [-0.2, 0) is 17.8 Å². The lowest BCUT2D eigenvalue weighted by atomic mass is 10.1. The van der Waals surface area contributed by atoms with Gasteiger partial charge in [0.15, 0.2) is 0 Å². The summed E-state index contributed by atoms with van der Waals surface area (Å²) in [7, 11) is 0. The van der Waals surface area contributed by atoms with Crippen molar-refractivity contribution in [1.82, 2.24) is 9.55 Å². The highest BCUT2D eigenvalue weighted by Crippen LogP contribution is 2.18. The Hall–Kier alpha value is -1.95. The van der Waals surface area contributed by atoms with E-state index in [0.29, 0.717) is 18.0 Å². The summed E-state index contributed by atoms with van der Waals surface area (Å²) in [4.78, 5) is 16.1. The summed E-state index contributed by atoms with van der Waals surface area (Å²) < 4.78 is 1.96. The van der Waals surface area contributed by atoms with E-state index in [1.165, 1.54) is 0 Å².